The van der Waals surface area contributed by atoms with E-state index in [9.17, 15) is 9.59 Å². The number of aromatic amines is 1. The van der Waals surface area contributed by atoms with Gasteiger partial charge in [-0.1, -0.05) is 0 Å². The summed E-state index contributed by atoms with van der Waals surface area (Å²) in [6.45, 7) is 0.293. The molecule has 0 amide bonds. The van der Waals surface area contributed by atoms with Crippen LogP contribution in [0.5, 0.6) is 0 Å². The van der Waals surface area contributed by atoms with Crippen LogP contribution in [0.1, 0.15) is 19.3 Å². The van der Waals surface area contributed by atoms with Gasteiger partial charge < -0.3 is 15.2 Å². The van der Waals surface area contributed by atoms with Crippen LogP contribution in [0.4, 0.5) is 0 Å². The van der Waals surface area contributed by atoms with E-state index in [2.05, 4.69) is 4.98 Å². The minimum atomic E-state index is -1.32. The van der Waals surface area contributed by atoms with Gasteiger partial charge in [-0.2, -0.15) is 0 Å². The van der Waals surface area contributed by atoms with Gasteiger partial charge in [0.1, 0.15) is 0 Å². The summed E-state index contributed by atoms with van der Waals surface area (Å²) in [5.41, 5.74) is -0.782. The minimum absolute atomic E-state index is 0.249. The largest absolute Gasteiger partial charge is 0.368 e. The number of nitrogens with one attached hydrogen (secondary N) is 1. The zero-order valence-corrected chi connectivity index (χ0v) is 8.22. The van der Waals surface area contributed by atoms with Crippen molar-refractivity contribution in [2.24, 2.45) is 0 Å². The lowest BCUT2D eigenvalue weighted by molar-refractivity contribution is -0.0466. The van der Waals surface area contributed by atoms with Crippen LogP contribution in [0, 0.1) is 0 Å². The van der Waals surface area contributed by atoms with Crippen LogP contribution in [0.3, 0.4) is 0 Å². The Labute approximate surface area is 85.8 Å². The van der Waals surface area contributed by atoms with Crippen molar-refractivity contribution in [2.45, 2.75) is 32.1 Å². The molecule has 1 heterocycles. The Morgan fingerprint density at radius 1 is 1.33 bits per heavy atom. The highest BCUT2D eigenvalue weighted by Crippen LogP contribution is 1.98. The number of unbranched alkanes of at least 4 members (excludes halogenated alkanes) is 1. The smallest absolute Gasteiger partial charge is 0.328 e. The van der Waals surface area contributed by atoms with Crippen molar-refractivity contribution in [2.75, 3.05) is 0 Å². The van der Waals surface area contributed by atoms with Crippen LogP contribution in [-0.2, 0) is 6.54 Å². The van der Waals surface area contributed by atoms with Gasteiger partial charge in [-0.25, -0.2) is 4.79 Å². The molecule has 1 aromatic rings. The summed E-state index contributed by atoms with van der Waals surface area (Å²) in [7, 11) is 0. The summed E-state index contributed by atoms with van der Waals surface area (Å²) in [6.07, 6.45) is 1.34. The van der Waals surface area contributed by atoms with Gasteiger partial charge in [0.05, 0.1) is 0 Å². The first-order valence-electron chi connectivity index (χ1n) is 4.76. The molecule has 1 aromatic heterocycles. The lowest BCUT2D eigenvalue weighted by Crippen LogP contribution is -2.33. The quantitative estimate of drug-likeness (QED) is 0.433. The Morgan fingerprint density at radius 3 is 2.67 bits per heavy atom. The minimum Gasteiger partial charge on any atom is -0.368 e. The molecule has 3 N–H and O–H groups in total. The highest BCUT2D eigenvalue weighted by atomic mass is 16.5. The third-order valence-electron chi connectivity index (χ3n) is 2.04. The van der Waals surface area contributed by atoms with Gasteiger partial charge in [-0.15, -0.1) is 0 Å². The molecule has 0 radical (unpaired) electrons. The van der Waals surface area contributed by atoms with Crippen molar-refractivity contribution in [1.29, 1.82) is 0 Å². The lowest BCUT2D eigenvalue weighted by atomic mass is 10.2. The second kappa shape index (κ2) is 5.47. The molecule has 0 aromatic carbocycles. The molecule has 84 valence electrons. The molecule has 0 unspecified atom stereocenters. The van der Waals surface area contributed by atoms with Crippen LogP contribution >= 0.6 is 0 Å². The van der Waals surface area contributed by atoms with Crippen molar-refractivity contribution in [3.05, 3.63) is 33.1 Å². The Hall–Kier alpha value is -1.40. The van der Waals surface area contributed by atoms with E-state index in [0.29, 0.717) is 19.4 Å². The highest BCUT2D eigenvalue weighted by molar-refractivity contribution is 4.82. The van der Waals surface area contributed by atoms with Gasteiger partial charge in [-0.05, 0) is 19.3 Å². The van der Waals surface area contributed by atoms with Gasteiger partial charge >= 0.3 is 5.69 Å². The number of aliphatic hydroxyl groups is 2. The van der Waals surface area contributed by atoms with E-state index in [1.807, 2.05) is 0 Å². The molecule has 6 heteroatoms. The number of hydrogen-bond donors (Lipinski definition) is 3. The lowest BCUT2D eigenvalue weighted by Gasteiger charge is -2.04. The van der Waals surface area contributed by atoms with Gasteiger partial charge in [-0.3, -0.25) is 9.36 Å². The number of rotatable bonds is 5. The topological polar surface area (TPSA) is 95.3 Å². The predicted octanol–water partition coefficient (Wildman–Crippen LogP) is -0.982. The summed E-state index contributed by atoms with van der Waals surface area (Å²) in [5.74, 6) is 0. The standard InChI is InChI=1S/C9H14N2O4/c12-7-4-5-10-9(15)11(7)6-2-1-3-8(13)14/h4-5,8,13-14H,1-3,6H2,(H,10,15). The Kier molecular flexibility index (Phi) is 4.26. The first kappa shape index (κ1) is 11.7. The van der Waals surface area contributed by atoms with Crippen molar-refractivity contribution in [3.63, 3.8) is 0 Å². The summed E-state index contributed by atoms with van der Waals surface area (Å²) < 4.78 is 1.09. The second-order valence-corrected chi connectivity index (χ2v) is 3.25. The molecule has 15 heavy (non-hydrogen) atoms. The first-order chi connectivity index (χ1) is 7.11. The molecular weight excluding hydrogens is 200 g/mol. The van der Waals surface area contributed by atoms with E-state index in [4.69, 9.17) is 10.2 Å². The molecule has 6 nitrogen and oxygen atoms in total. The third-order valence-corrected chi connectivity index (χ3v) is 2.04. The predicted molar refractivity (Wildman–Crippen MR) is 53.4 cm³/mol. The third kappa shape index (κ3) is 3.69. The maximum atomic E-state index is 11.2. The van der Waals surface area contributed by atoms with E-state index in [0.717, 1.165) is 4.57 Å². The fourth-order valence-corrected chi connectivity index (χ4v) is 1.26. The monoisotopic (exact) mass is 214 g/mol. The highest BCUT2D eigenvalue weighted by Gasteiger charge is 2.01. The fraction of sp³-hybridized carbons (Fsp3) is 0.556. The SMILES string of the molecule is O=c1cc[nH]c(=O)n1CCCCC(O)O. The molecule has 0 aliphatic rings. The molecule has 0 bridgehead atoms. The molecule has 1 rings (SSSR count). The second-order valence-electron chi connectivity index (χ2n) is 3.25. The van der Waals surface area contributed by atoms with Crippen LogP contribution in [0.2, 0.25) is 0 Å². The zero-order chi connectivity index (χ0) is 11.3. The summed E-state index contributed by atoms with van der Waals surface area (Å²) >= 11 is 0. The van der Waals surface area contributed by atoms with E-state index in [-0.39, 0.29) is 12.0 Å². The Bertz CT molecular complexity index is 379. The molecular formula is C9H14N2O4. The fourth-order valence-electron chi connectivity index (χ4n) is 1.26. The molecule has 0 spiro atoms. The Morgan fingerprint density at radius 2 is 2.07 bits per heavy atom. The Balaban J connectivity index is 2.51. The van der Waals surface area contributed by atoms with Crippen molar-refractivity contribution in [3.8, 4) is 0 Å². The maximum Gasteiger partial charge on any atom is 0.328 e. The van der Waals surface area contributed by atoms with Crippen LogP contribution in [0.25, 0.3) is 0 Å². The number of H-pyrrole nitrogens is 1. The van der Waals surface area contributed by atoms with Gasteiger partial charge in [0.15, 0.2) is 6.29 Å². The van der Waals surface area contributed by atoms with Crippen molar-refractivity contribution < 1.29 is 10.2 Å². The molecule has 0 atom stereocenters. The normalized spacial score (nSPS) is 10.9. The van der Waals surface area contributed by atoms with Gasteiger partial charge in [0.2, 0.25) is 0 Å². The number of nitrogens with zero attached hydrogens (tertiary/aromatic N) is 1. The first-order valence-corrected chi connectivity index (χ1v) is 4.76. The molecule has 0 saturated carbocycles. The van der Waals surface area contributed by atoms with Crippen LogP contribution in [0.15, 0.2) is 21.9 Å². The summed E-state index contributed by atoms with van der Waals surface area (Å²) in [4.78, 5) is 24.8. The zero-order valence-electron chi connectivity index (χ0n) is 8.22. The average molecular weight is 214 g/mol. The molecule has 0 aliphatic carbocycles. The van der Waals surface area contributed by atoms with E-state index >= 15 is 0 Å². The number of aliphatic hydroxyl groups excluding tert-OH is 1. The van der Waals surface area contributed by atoms with E-state index in [1.165, 1.54) is 12.3 Å². The molecule has 0 fully saturated rings. The van der Waals surface area contributed by atoms with Crippen LogP contribution < -0.4 is 11.2 Å². The number of hydrogen-bond acceptors (Lipinski definition) is 4. The van der Waals surface area contributed by atoms with Crippen molar-refractivity contribution >= 4 is 0 Å². The molecule has 0 aliphatic heterocycles. The average Bonchev–Trinajstić information content (AvgIpc) is 2.15. The van der Waals surface area contributed by atoms with Crippen molar-refractivity contribution in [1.82, 2.24) is 9.55 Å². The van der Waals surface area contributed by atoms with Gasteiger partial charge in [0.25, 0.3) is 5.56 Å². The van der Waals surface area contributed by atoms with Gasteiger partial charge in [0, 0.05) is 18.8 Å². The summed E-state index contributed by atoms with van der Waals surface area (Å²) in [5, 5.41) is 17.2. The van der Waals surface area contributed by atoms with E-state index in [1.54, 1.807) is 0 Å². The number of aromatic nitrogens is 2. The maximum absolute atomic E-state index is 11.2. The van der Waals surface area contributed by atoms with Crippen LogP contribution in [-0.4, -0.2) is 26.1 Å². The summed E-state index contributed by atoms with van der Waals surface area (Å²) in [6, 6.07) is 1.28. The van der Waals surface area contributed by atoms with E-state index < -0.39 is 12.0 Å². The molecule has 0 saturated heterocycles.